The van der Waals surface area contributed by atoms with Crippen LogP contribution >= 0.6 is 0 Å². The summed E-state index contributed by atoms with van der Waals surface area (Å²) in [6, 6.07) is 13.4. The molecular formula is C17H20N2O. The Labute approximate surface area is 119 Å². The molecule has 2 rings (SSSR count). The van der Waals surface area contributed by atoms with E-state index in [0.717, 1.165) is 22.4 Å². The van der Waals surface area contributed by atoms with Gasteiger partial charge in [-0.2, -0.15) is 0 Å². The van der Waals surface area contributed by atoms with Gasteiger partial charge in [0.25, 0.3) is 0 Å². The van der Waals surface area contributed by atoms with E-state index in [9.17, 15) is 4.79 Å². The number of carbonyl (C=O) groups excluding carboxylic acids is 1. The number of hydrogen-bond acceptors (Lipinski definition) is 2. The zero-order valence-corrected chi connectivity index (χ0v) is 12.1. The topological polar surface area (TPSA) is 55.1 Å². The molecule has 0 spiro atoms. The number of nitrogens with two attached hydrogens (primary N) is 1. The van der Waals surface area contributed by atoms with Crippen molar-refractivity contribution in [3.8, 4) is 0 Å². The number of carbonyl (C=O) groups is 1. The second-order valence-electron chi connectivity index (χ2n) is 5.15. The Balaban J connectivity index is 2.20. The van der Waals surface area contributed by atoms with Crippen LogP contribution in [-0.4, -0.2) is 5.91 Å². The van der Waals surface area contributed by atoms with Crippen molar-refractivity contribution in [2.24, 2.45) is 0 Å². The summed E-state index contributed by atoms with van der Waals surface area (Å²) in [5.74, 6) is -0.259. The maximum absolute atomic E-state index is 12.4. The first-order chi connectivity index (χ1) is 9.49. The van der Waals surface area contributed by atoms with Crippen molar-refractivity contribution in [3.05, 3.63) is 59.2 Å². The van der Waals surface area contributed by atoms with Crippen LogP contribution in [0, 0.1) is 13.8 Å². The van der Waals surface area contributed by atoms with Gasteiger partial charge in [-0.3, -0.25) is 4.79 Å². The molecule has 3 nitrogen and oxygen atoms in total. The molecule has 0 aliphatic rings. The third-order valence-electron chi connectivity index (χ3n) is 3.53. The Morgan fingerprint density at radius 3 is 2.30 bits per heavy atom. The summed E-state index contributed by atoms with van der Waals surface area (Å²) in [6.45, 7) is 5.87. The number of para-hydroxylation sites is 1. The van der Waals surface area contributed by atoms with Crippen molar-refractivity contribution in [2.75, 3.05) is 11.1 Å². The lowest BCUT2D eigenvalue weighted by Gasteiger charge is -2.16. The first-order valence-corrected chi connectivity index (χ1v) is 6.71. The van der Waals surface area contributed by atoms with E-state index in [-0.39, 0.29) is 11.8 Å². The van der Waals surface area contributed by atoms with Gasteiger partial charge in [0.15, 0.2) is 0 Å². The van der Waals surface area contributed by atoms with Crippen molar-refractivity contribution in [2.45, 2.75) is 26.7 Å². The van der Waals surface area contributed by atoms with E-state index in [0.29, 0.717) is 5.69 Å². The van der Waals surface area contributed by atoms with Gasteiger partial charge in [0.2, 0.25) is 5.91 Å². The molecule has 0 aliphatic heterocycles. The maximum Gasteiger partial charge on any atom is 0.231 e. The molecule has 104 valence electrons. The molecule has 3 heteroatoms. The van der Waals surface area contributed by atoms with Crippen LogP contribution in [0.3, 0.4) is 0 Å². The van der Waals surface area contributed by atoms with Crippen LogP contribution < -0.4 is 11.1 Å². The van der Waals surface area contributed by atoms with E-state index in [1.165, 1.54) is 0 Å². The predicted molar refractivity (Wildman–Crippen MR) is 83.8 cm³/mol. The van der Waals surface area contributed by atoms with Crippen LogP contribution in [-0.2, 0) is 4.79 Å². The van der Waals surface area contributed by atoms with Crippen LogP contribution in [0.2, 0.25) is 0 Å². The first kappa shape index (κ1) is 14.1. The third-order valence-corrected chi connectivity index (χ3v) is 3.53. The number of anilines is 2. The number of rotatable bonds is 3. The summed E-state index contributed by atoms with van der Waals surface area (Å²) < 4.78 is 0. The number of amides is 1. The Morgan fingerprint density at radius 2 is 1.70 bits per heavy atom. The number of aryl methyl sites for hydroxylation is 2. The molecule has 0 radical (unpaired) electrons. The minimum atomic E-state index is -0.238. The van der Waals surface area contributed by atoms with E-state index in [4.69, 9.17) is 5.73 Å². The van der Waals surface area contributed by atoms with Crippen LogP contribution in [0.1, 0.15) is 29.5 Å². The standard InChI is InChI=1S/C17H20N2O/c1-11-6-4-7-12(2)16(11)19-17(20)13(3)14-8-5-9-15(18)10-14/h4-10,13H,18H2,1-3H3,(H,19,20). The van der Waals surface area contributed by atoms with Crippen molar-refractivity contribution in [1.82, 2.24) is 0 Å². The number of benzene rings is 2. The van der Waals surface area contributed by atoms with E-state index in [2.05, 4.69) is 5.32 Å². The smallest absolute Gasteiger partial charge is 0.231 e. The number of nitrogens with one attached hydrogen (secondary N) is 1. The van der Waals surface area contributed by atoms with E-state index in [1.807, 2.05) is 63.2 Å². The zero-order chi connectivity index (χ0) is 14.7. The minimum Gasteiger partial charge on any atom is -0.399 e. The SMILES string of the molecule is Cc1cccc(C)c1NC(=O)C(C)c1cccc(N)c1. The minimum absolute atomic E-state index is 0.0204. The summed E-state index contributed by atoms with van der Waals surface area (Å²) in [6.07, 6.45) is 0. The monoisotopic (exact) mass is 268 g/mol. The molecule has 0 heterocycles. The van der Waals surface area contributed by atoms with Gasteiger partial charge in [0, 0.05) is 11.4 Å². The van der Waals surface area contributed by atoms with E-state index < -0.39 is 0 Å². The Bertz CT molecular complexity index is 614. The Morgan fingerprint density at radius 1 is 1.10 bits per heavy atom. The third kappa shape index (κ3) is 2.99. The fourth-order valence-electron chi connectivity index (χ4n) is 2.22. The van der Waals surface area contributed by atoms with Gasteiger partial charge in [-0.15, -0.1) is 0 Å². The van der Waals surface area contributed by atoms with E-state index in [1.54, 1.807) is 0 Å². The van der Waals surface area contributed by atoms with Crippen molar-refractivity contribution < 1.29 is 4.79 Å². The predicted octanol–water partition coefficient (Wildman–Crippen LogP) is 3.63. The van der Waals surface area contributed by atoms with E-state index >= 15 is 0 Å². The average molecular weight is 268 g/mol. The van der Waals surface area contributed by atoms with Gasteiger partial charge in [-0.1, -0.05) is 30.3 Å². The lowest BCUT2D eigenvalue weighted by atomic mass is 9.99. The van der Waals surface area contributed by atoms with Crippen LogP contribution in [0.5, 0.6) is 0 Å². The molecule has 2 aromatic carbocycles. The molecule has 0 bridgehead atoms. The highest BCUT2D eigenvalue weighted by molar-refractivity contribution is 5.96. The summed E-state index contributed by atoms with van der Waals surface area (Å²) in [5.41, 5.74) is 10.4. The molecule has 1 unspecified atom stereocenters. The highest BCUT2D eigenvalue weighted by Crippen LogP contribution is 2.23. The summed E-state index contributed by atoms with van der Waals surface area (Å²) >= 11 is 0. The lowest BCUT2D eigenvalue weighted by molar-refractivity contribution is -0.117. The maximum atomic E-state index is 12.4. The molecular weight excluding hydrogens is 248 g/mol. The zero-order valence-electron chi connectivity index (χ0n) is 12.1. The number of nitrogen functional groups attached to an aromatic ring is 1. The van der Waals surface area contributed by atoms with Gasteiger partial charge in [-0.05, 0) is 49.6 Å². The van der Waals surface area contributed by atoms with Gasteiger partial charge >= 0.3 is 0 Å². The quantitative estimate of drug-likeness (QED) is 0.835. The Hall–Kier alpha value is -2.29. The first-order valence-electron chi connectivity index (χ1n) is 6.71. The van der Waals surface area contributed by atoms with Gasteiger partial charge in [0.05, 0.1) is 5.92 Å². The van der Waals surface area contributed by atoms with Crippen LogP contribution in [0.4, 0.5) is 11.4 Å². The van der Waals surface area contributed by atoms with Gasteiger partial charge < -0.3 is 11.1 Å². The normalized spacial score (nSPS) is 11.9. The molecule has 1 atom stereocenters. The average Bonchev–Trinajstić information content (AvgIpc) is 2.42. The second-order valence-corrected chi connectivity index (χ2v) is 5.15. The fourth-order valence-corrected chi connectivity index (χ4v) is 2.22. The van der Waals surface area contributed by atoms with Crippen molar-refractivity contribution >= 4 is 17.3 Å². The van der Waals surface area contributed by atoms with Crippen LogP contribution in [0.25, 0.3) is 0 Å². The summed E-state index contributed by atoms with van der Waals surface area (Å²) in [7, 11) is 0. The van der Waals surface area contributed by atoms with Gasteiger partial charge in [0.1, 0.15) is 0 Å². The largest absolute Gasteiger partial charge is 0.399 e. The molecule has 0 saturated heterocycles. The van der Waals surface area contributed by atoms with Crippen molar-refractivity contribution in [1.29, 1.82) is 0 Å². The fraction of sp³-hybridized carbons (Fsp3) is 0.235. The molecule has 0 saturated carbocycles. The second kappa shape index (κ2) is 5.78. The summed E-state index contributed by atoms with van der Waals surface area (Å²) in [4.78, 5) is 12.4. The molecule has 3 N–H and O–H groups in total. The van der Waals surface area contributed by atoms with Crippen LogP contribution in [0.15, 0.2) is 42.5 Å². The highest BCUT2D eigenvalue weighted by atomic mass is 16.1. The number of hydrogen-bond donors (Lipinski definition) is 2. The Kier molecular flexibility index (Phi) is 4.08. The molecule has 1 amide bonds. The van der Waals surface area contributed by atoms with Gasteiger partial charge in [-0.25, -0.2) is 0 Å². The molecule has 0 aromatic heterocycles. The molecule has 0 fully saturated rings. The van der Waals surface area contributed by atoms with Crippen molar-refractivity contribution in [3.63, 3.8) is 0 Å². The highest BCUT2D eigenvalue weighted by Gasteiger charge is 2.16. The summed E-state index contributed by atoms with van der Waals surface area (Å²) in [5, 5.41) is 3.02. The lowest BCUT2D eigenvalue weighted by Crippen LogP contribution is -2.20. The molecule has 20 heavy (non-hydrogen) atoms. The molecule has 2 aromatic rings. The molecule has 0 aliphatic carbocycles.